The molecule has 1 aromatic carbocycles. The maximum absolute atomic E-state index is 12.5. The maximum Gasteiger partial charge on any atom is 0.328 e. The van der Waals surface area contributed by atoms with Crippen LogP contribution in [-0.4, -0.2) is 73.5 Å². The van der Waals surface area contributed by atoms with Crippen molar-refractivity contribution in [2.24, 2.45) is 0 Å². The molecule has 0 spiro atoms. The highest BCUT2D eigenvalue weighted by atomic mass is 16.5. The molecule has 2 aromatic rings. The third kappa shape index (κ3) is 4.86. The number of hydrogen-bond acceptors (Lipinski definition) is 6. The van der Waals surface area contributed by atoms with Crippen molar-refractivity contribution in [1.82, 2.24) is 19.8 Å². The molecule has 1 aliphatic heterocycles. The maximum atomic E-state index is 12.5. The summed E-state index contributed by atoms with van der Waals surface area (Å²) in [4.78, 5) is 42.0. The minimum Gasteiger partial charge on any atom is -0.383 e. The lowest BCUT2D eigenvalue weighted by atomic mass is 10.1. The van der Waals surface area contributed by atoms with Gasteiger partial charge in [0.2, 0.25) is 0 Å². The molecular weight excluding hydrogens is 364 g/mol. The number of rotatable bonds is 8. The Morgan fingerprint density at radius 3 is 2.79 bits per heavy atom. The van der Waals surface area contributed by atoms with E-state index in [9.17, 15) is 14.4 Å². The van der Waals surface area contributed by atoms with E-state index in [4.69, 9.17) is 9.47 Å². The Morgan fingerprint density at radius 2 is 2.04 bits per heavy atom. The van der Waals surface area contributed by atoms with Gasteiger partial charge in [-0.15, -0.1) is 0 Å². The van der Waals surface area contributed by atoms with Gasteiger partial charge in [0.25, 0.3) is 11.5 Å². The summed E-state index contributed by atoms with van der Waals surface area (Å²) in [5, 5.41) is 3.24. The average Bonchev–Trinajstić information content (AvgIpc) is 2.71. The van der Waals surface area contributed by atoms with Crippen molar-refractivity contribution in [3.8, 4) is 0 Å². The topological polar surface area (TPSA) is 106 Å². The van der Waals surface area contributed by atoms with Gasteiger partial charge >= 0.3 is 5.69 Å². The number of fused-ring (bicyclic) bond motifs is 1. The zero-order valence-electron chi connectivity index (χ0n) is 16.0. The van der Waals surface area contributed by atoms with Crippen LogP contribution in [0.5, 0.6) is 0 Å². The molecule has 0 aliphatic carbocycles. The second kappa shape index (κ2) is 9.63. The number of nitrogens with one attached hydrogen (secondary N) is 2. The summed E-state index contributed by atoms with van der Waals surface area (Å²) >= 11 is 0. The fourth-order valence-electron chi connectivity index (χ4n) is 3.21. The number of carbonyl (C=O) groups excluding carboxylic acids is 1. The van der Waals surface area contributed by atoms with Crippen LogP contribution in [0.25, 0.3) is 10.9 Å². The molecule has 0 radical (unpaired) electrons. The summed E-state index contributed by atoms with van der Waals surface area (Å²) in [6.45, 7) is 5.27. The summed E-state index contributed by atoms with van der Waals surface area (Å²) in [5.41, 5.74) is -0.154. The summed E-state index contributed by atoms with van der Waals surface area (Å²) < 4.78 is 11.3. The van der Waals surface area contributed by atoms with Crippen molar-refractivity contribution in [3.63, 3.8) is 0 Å². The molecule has 3 rings (SSSR count). The second-order valence-electron chi connectivity index (χ2n) is 6.70. The van der Waals surface area contributed by atoms with Crippen LogP contribution in [0.15, 0.2) is 27.8 Å². The van der Waals surface area contributed by atoms with Crippen molar-refractivity contribution in [1.29, 1.82) is 0 Å². The van der Waals surface area contributed by atoms with Gasteiger partial charge in [-0.2, -0.15) is 0 Å². The van der Waals surface area contributed by atoms with Crippen LogP contribution in [-0.2, 0) is 16.0 Å². The predicted octanol–water partition coefficient (Wildman–Crippen LogP) is -0.212. The highest BCUT2D eigenvalue weighted by Crippen LogP contribution is 2.09. The molecule has 1 aliphatic rings. The van der Waals surface area contributed by atoms with Crippen molar-refractivity contribution in [2.75, 3.05) is 53.1 Å². The third-order valence-electron chi connectivity index (χ3n) is 4.80. The lowest BCUT2D eigenvalue weighted by Crippen LogP contribution is -2.38. The number of H-pyrrole nitrogens is 1. The van der Waals surface area contributed by atoms with E-state index in [0.717, 1.165) is 43.8 Å². The van der Waals surface area contributed by atoms with Gasteiger partial charge in [-0.1, -0.05) is 0 Å². The van der Waals surface area contributed by atoms with Gasteiger partial charge in [0.05, 0.1) is 37.3 Å². The fourth-order valence-corrected chi connectivity index (χ4v) is 3.21. The molecule has 28 heavy (non-hydrogen) atoms. The smallest absolute Gasteiger partial charge is 0.328 e. The standard InChI is InChI=1S/C19H26N4O5/c1-27-10-9-23-18(25)15-4-3-14(13-16(15)21-19(23)26)17(24)20-5-2-6-22-7-11-28-12-8-22/h3-4,13H,2,5-12H2,1H3,(H,20,24)(H,21,26). The van der Waals surface area contributed by atoms with Crippen LogP contribution in [0.2, 0.25) is 0 Å². The van der Waals surface area contributed by atoms with Crippen molar-refractivity contribution < 1.29 is 14.3 Å². The van der Waals surface area contributed by atoms with Gasteiger partial charge in [-0.05, 0) is 31.2 Å². The van der Waals surface area contributed by atoms with E-state index in [1.165, 1.54) is 13.2 Å². The lowest BCUT2D eigenvalue weighted by Gasteiger charge is -2.26. The molecular formula is C19H26N4O5. The van der Waals surface area contributed by atoms with Gasteiger partial charge in [0.15, 0.2) is 0 Å². The molecule has 0 bridgehead atoms. The van der Waals surface area contributed by atoms with Crippen LogP contribution in [0.4, 0.5) is 0 Å². The summed E-state index contributed by atoms with van der Waals surface area (Å²) in [6.07, 6.45) is 0.848. The fraction of sp³-hybridized carbons (Fsp3) is 0.526. The Balaban J connectivity index is 1.63. The van der Waals surface area contributed by atoms with E-state index in [-0.39, 0.29) is 19.1 Å². The van der Waals surface area contributed by atoms with E-state index in [0.29, 0.717) is 23.0 Å². The average molecular weight is 390 g/mol. The molecule has 1 fully saturated rings. The van der Waals surface area contributed by atoms with E-state index in [2.05, 4.69) is 15.2 Å². The SMILES string of the molecule is COCCn1c(=O)[nH]c2cc(C(=O)NCCCN3CCOCC3)ccc2c1=O. The quantitative estimate of drug-likeness (QED) is 0.604. The number of carbonyl (C=O) groups is 1. The number of aromatic amines is 1. The van der Waals surface area contributed by atoms with Gasteiger partial charge in [0.1, 0.15) is 0 Å². The molecule has 2 heterocycles. The zero-order chi connectivity index (χ0) is 19.9. The Kier molecular flexibility index (Phi) is 6.96. The first-order valence-corrected chi connectivity index (χ1v) is 9.44. The normalized spacial score (nSPS) is 15.0. The number of amides is 1. The van der Waals surface area contributed by atoms with Crippen molar-refractivity contribution in [2.45, 2.75) is 13.0 Å². The minimum atomic E-state index is -0.516. The molecule has 2 N–H and O–H groups in total. The van der Waals surface area contributed by atoms with E-state index >= 15 is 0 Å². The van der Waals surface area contributed by atoms with Crippen LogP contribution < -0.4 is 16.6 Å². The summed E-state index contributed by atoms with van der Waals surface area (Å²) in [7, 11) is 1.51. The Hall–Kier alpha value is -2.49. The van der Waals surface area contributed by atoms with Crippen LogP contribution in [0.3, 0.4) is 0 Å². The number of nitrogens with zero attached hydrogens (tertiary/aromatic N) is 2. The van der Waals surface area contributed by atoms with Crippen LogP contribution >= 0.6 is 0 Å². The van der Waals surface area contributed by atoms with Crippen LogP contribution in [0, 0.1) is 0 Å². The molecule has 0 atom stereocenters. The number of benzene rings is 1. The molecule has 1 aromatic heterocycles. The molecule has 1 saturated heterocycles. The van der Waals surface area contributed by atoms with E-state index in [1.54, 1.807) is 12.1 Å². The highest BCUT2D eigenvalue weighted by Gasteiger charge is 2.12. The lowest BCUT2D eigenvalue weighted by molar-refractivity contribution is 0.0374. The minimum absolute atomic E-state index is 0.173. The Labute approximate surface area is 162 Å². The van der Waals surface area contributed by atoms with Gasteiger partial charge in [0, 0.05) is 32.3 Å². The number of methoxy groups -OCH3 is 1. The summed E-state index contributed by atoms with van der Waals surface area (Å²) in [6, 6.07) is 4.70. The van der Waals surface area contributed by atoms with Gasteiger partial charge in [-0.3, -0.25) is 19.1 Å². The van der Waals surface area contributed by atoms with Crippen LogP contribution in [0.1, 0.15) is 16.8 Å². The van der Waals surface area contributed by atoms with E-state index < -0.39 is 11.2 Å². The first kappa shape index (κ1) is 20.2. The number of hydrogen-bond donors (Lipinski definition) is 2. The molecule has 0 saturated carbocycles. The summed E-state index contributed by atoms with van der Waals surface area (Å²) in [5.74, 6) is -0.228. The predicted molar refractivity (Wildman–Crippen MR) is 105 cm³/mol. The second-order valence-corrected chi connectivity index (χ2v) is 6.70. The van der Waals surface area contributed by atoms with E-state index in [1.807, 2.05) is 0 Å². The Morgan fingerprint density at radius 1 is 1.25 bits per heavy atom. The van der Waals surface area contributed by atoms with Gasteiger partial charge < -0.3 is 19.8 Å². The monoisotopic (exact) mass is 390 g/mol. The van der Waals surface area contributed by atoms with Gasteiger partial charge in [-0.25, -0.2) is 4.79 Å². The Bertz CT molecular complexity index is 930. The molecule has 9 nitrogen and oxygen atoms in total. The first-order chi connectivity index (χ1) is 13.6. The number of ether oxygens (including phenoxy) is 2. The number of aromatic nitrogens is 2. The molecule has 1 amide bonds. The van der Waals surface area contributed by atoms with Crippen molar-refractivity contribution >= 4 is 16.8 Å². The highest BCUT2D eigenvalue weighted by molar-refractivity contribution is 5.97. The number of morpholine rings is 1. The third-order valence-corrected chi connectivity index (χ3v) is 4.80. The largest absolute Gasteiger partial charge is 0.383 e. The van der Waals surface area contributed by atoms with Crippen molar-refractivity contribution in [3.05, 3.63) is 44.6 Å². The molecule has 9 heteroatoms. The molecule has 152 valence electrons. The molecule has 0 unspecified atom stereocenters. The zero-order valence-corrected chi connectivity index (χ0v) is 16.0. The first-order valence-electron chi connectivity index (χ1n) is 9.44.